The van der Waals surface area contributed by atoms with E-state index in [1.165, 1.54) is 11.3 Å². The minimum absolute atomic E-state index is 0.0397. The highest BCUT2D eigenvalue weighted by Gasteiger charge is 2.29. The van der Waals surface area contributed by atoms with Crippen LogP contribution in [0, 0.1) is 0 Å². The SMILES string of the molecule is CC(C)(C)OC(=O)N[C@@H](Cc1cccc2ccccc12)C(=O)N[C@@H](Cc1cscn1)C(=O)O. The monoisotopic (exact) mass is 469 g/mol. The first kappa shape index (κ1) is 24.2. The number of nitrogens with zero attached hydrogens (tertiary/aromatic N) is 1. The predicted octanol–water partition coefficient (Wildman–Crippen LogP) is 3.54. The lowest BCUT2D eigenvalue weighted by Crippen LogP contribution is -2.53. The van der Waals surface area contributed by atoms with E-state index < -0.39 is 35.7 Å². The van der Waals surface area contributed by atoms with E-state index in [0.717, 1.165) is 16.3 Å². The first-order chi connectivity index (χ1) is 15.6. The minimum Gasteiger partial charge on any atom is -0.480 e. The number of rotatable bonds is 8. The van der Waals surface area contributed by atoms with Gasteiger partial charge >= 0.3 is 12.1 Å². The molecule has 9 heteroatoms. The van der Waals surface area contributed by atoms with Crippen LogP contribution in [0.3, 0.4) is 0 Å². The standard InChI is InChI=1S/C24H27N3O5S/c1-24(2,3)32-23(31)27-19(11-16-9-6-8-15-7-4-5-10-18(15)16)21(28)26-20(22(29)30)12-17-13-33-14-25-17/h4-10,13-14,19-20H,11-12H2,1-3H3,(H,26,28)(H,27,31)(H,29,30)/t19-,20-/m0/s1. The molecule has 0 saturated heterocycles. The molecule has 0 radical (unpaired) electrons. The van der Waals surface area contributed by atoms with Crippen LogP contribution in [0.1, 0.15) is 32.0 Å². The summed E-state index contributed by atoms with van der Waals surface area (Å²) in [6.07, 6.45) is -0.553. The molecule has 0 fully saturated rings. The van der Waals surface area contributed by atoms with Gasteiger partial charge in [0.25, 0.3) is 0 Å². The van der Waals surface area contributed by atoms with Crippen LogP contribution in [0.25, 0.3) is 10.8 Å². The molecule has 0 unspecified atom stereocenters. The summed E-state index contributed by atoms with van der Waals surface area (Å²) in [6, 6.07) is 11.2. The van der Waals surface area contributed by atoms with Gasteiger partial charge in [-0.3, -0.25) is 4.79 Å². The Kier molecular flexibility index (Phi) is 7.65. The van der Waals surface area contributed by atoms with E-state index in [1.807, 2.05) is 42.5 Å². The molecule has 0 bridgehead atoms. The zero-order valence-corrected chi connectivity index (χ0v) is 19.5. The summed E-state index contributed by atoms with van der Waals surface area (Å²) >= 11 is 1.34. The average Bonchev–Trinajstić information content (AvgIpc) is 3.24. The lowest BCUT2D eigenvalue weighted by molar-refractivity contribution is -0.142. The lowest BCUT2D eigenvalue weighted by Gasteiger charge is -2.25. The van der Waals surface area contributed by atoms with Crippen LogP contribution in [-0.4, -0.2) is 45.7 Å². The van der Waals surface area contributed by atoms with Crippen molar-refractivity contribution in [2.75, 3.05) is 0 Å². The van der Waals surface area contributed by atoms with Gasteiger partial charge in [-0.1, -0.05) is 42.5 Å². The number of nitrogens with one attached hydrogen (secondary N) is 2. The van der Waals surface area contributed by atoms with Crippen LogP contribution in [0.5, 0.6) is 0 Å². The Balaban J connectivity index is 1.84. The van der Waals surface area contributed by atoms with Gasteiger partial charge in [0.15, 0.2) is 0 Å². The van der Waals surface area contributed by atoms with Crippen molar-refractivity contribution < 1.29 is 24.2 Å². The Hall–Kier alpha value is -3.46. The number of carboxylic acid groups (broad SMARTS) is 1. The summed E-state index contributed by atoms with van der Waals surface area (Å²) in [7, 11) is 0. The molecule has 1 aromatic heterocycles. The molecule has 1 heterocycles. The van der Waals surface area contributed by atoms with E-state index in [2.05, 4.69) is 15.6 Å². The van der Waals surface area contributed by atoms with E-state index in [-0.39, 0.29) is 12.8 Å². The lowest BCUT2D eigenvalue weighted by atomic mass is 9.98. The fourth-order valence-electron chi connectivity index (χ4n) is 3.37. The zero-order chi connectivity index (χ0) is 24.0. The predicted molar refractivity (Wildman–Crippen MR) is 126 cm³/mol. The number of carbonyl (C=O) groups excluding carboxylic acids is 2. The number of thiazole rings is 1. The molecule has 3 N–H and O–H groups in total. The van der Waals surface area contributed by atoms with Gasteiger partial charge in [-0.15, -0.1) is 11.3 Å². The molecule has 0 spiro atoms. The average molecular weight is 470 g/mol. The molecule has 0 saturated carbocycles. The second kappa shape index (κ2) is 10.4. The second-order valence-electron chi connectivity index (χ2n) is 8.62. The molecule has 0 aliphatic carbocycles. The van der Waals surface area contributed by atoms with Crippen molar-refractivity contribution in [1.29, 1.82) is 0 Å². The maximum Gasteiger partial charge on any atom is 0.408 e. The highest BCUT2D eigenvalue weighted by Crippen LogP contribution is 2.20. The molecular weight excluding hydrogens is 442 g/mol. The quantitative estimate of drug-likeness (QED) is 0.464. The summed E-state index contributed by atoms with van der Waals surface area (Å²) in [5.74, 6) is -1.80. The maximum atomic E-state index is 13.2. The topological polar surface area (TPSA) is 118 Å². The van der Waals surface area contributed by atoms with Crippen molar-refractivity contribution in [1.82, 2.24) is 15.6 Å². The van der Waals surface area contributed by atoms with Gasteiger partial charge in [0, 0.05) is 18.2 Å². The highest BCUT2D eigenvalue weighted by molar-refractivity contribution is 7.07. The molecule has 2 aromatic carbocycles. The normalized spacial score (nSPS) is 13.2. The van der Waals surface area contributed by atoms with Gasteiger partial charge in [-0.25, -0.2) is 14.6 Å². The number of carboxylic acids is 1. The first-order valence-electron chi connectivity index (χ1n) is 10.5. The van der Waals surface area contributed by atoms with Gasteiger partial charge in [0.1, 0.15) is 17.7 Å². The second-order valence-corrected chi connectivity index (χ2v) is 9.34. The Bertz CT molecular complexity index is 1120. The molecule has 3 aromatic rings. The van der Waals surface area contributed by atoms with Crippen LogP contribution >= 0.6 is 11.3 Å². The van der Waals surface area contributed by atoms with Gasteiger partial charge in [0.05, 0.1) is 11.2 Å². The van der Waals surface area contributed by atoms with E-state index in [0.29, 0.717) is 5.69 Å². The van der Waals surface area contributed by atoms with Crippen LogP contribution in [0.15, 0.2) is 53.4 Å². The number of alkyl carbamates (subject to hydrolysis) is 1. The maximum absolute atomic E-state index is 13.2. The summed E-state index contributed by atoms with van der Waals surface area (Å²) in [6.45, 7) is 5.17. The number of fused-ring (bicyclic) bond motifs is 1. The van der Waals surface area contributed by atoms with Crippen LogP contribution in [-0.2, 0) is 27.2 Å². The van der Waals surface area contributed by atoms with E-state index in [4.69, 9.17) is 4.74 Å². The fourth-order valence-corrected chi connectivity index (χ4v) is 3.94. The van der Waals surface area contributed by atoms with Crippen molar-refractivity contribution in [2.45, 2.75) is 51.3 Å². The number of aliphatic carboxylic acids is 1. The van der Waals surface area contributed by atoms with Gasteiger partial charge in [0.2, 0.25) is 5.91 Å². The van der Waals surface area contributed by atoms with Crippen molar-refractivity contribution in [3.63, 3.8) is 0 Å². The third-order valence-electron chi connectivity index (χ3n) is 4.82. The number of benzene rings is 2. The largest absolute Gasteiger partial charge is 0.480 e. The van der Waals surface area contributed by atoms with Crippen molar-refractivity contribution in [3.05, 3.63) is 64.6 Å². The van der Waals surface area contributed by atoms with Crippen LogP contribution in [0.2, 0.25) is 0 Å². The molecule has 3 rings (SSSR count). The molecule has 0 aliphatic heterocycles. The van der Waals surface area contributed by atoms with E-state index in [9.17, 15) is 19.5 Å². The molecule has 174 valence electrons. The Morgan fingerprint density at radius 3 is 2.42 bits per heavy atom. The molecule has 8 nitrogen and oxygen atoms in total. The van der Waals surface area contributed by atoms with Crippen molar-refractivity contribution in [3.8, 4) is 0 Å². The van der Waals surface area contributed by atoms with Gasteiger partial charge in [-0.2, -0.15) is 0 Å². The van der Waals surface area contributed by atoms with Crippen molar-refractivity contribution >= 4 is 40.1 Å². The molecule has 33 heavy (non-hydrogen) atoms. The fraction of sp³-hybridized carbons (Fsp3) is 0.333. The Morgan fingerprint density at radius 2 is 1.76 bits per heavy atom. The Labute approximate surface area is 196 Å². The number of hydrogen-bond acceptors (Lipinski definition) is 6. The number of carbonyl (C=O) groups is 3. The van der Waals surface area contributed by atoms with E-state index >= 15 is 0 Å². The molecule has 2 atom stereocenters. The summed E-state index contributed by atoms with van der Waals surface area (Å²) in [5, 5.41) is 18.4. The van der Waals surface area contributed by atoms with Crippen molar-refractivity contribution in [2.24, 2.45) is 0 Å². The third kappa shape index (κ3) is 7.01. The van der Waals surface area contributed by atoms with Gasteiger partial charge in [-0.05, 0) is 37.1 Å². The number of aromatic nitrogens is 1. The highest BCUT2D eigenvalue weighted by atomic mass is 32.1. The summed E-state index contributed by atoms with van der Waals surface area (Å²) in [4.78, 5) is 41.5. The van der Waals surface area contributed by atoms with E-state index in [1.54, 1.807) is 31.7 Å². The third-order valence-corrected chi connectivity index (χ3v) is 5.46. The summed E-state index contributed by atoms with van der Waals surface area (Å²) in [5.41, 5.74) is 2.26. The molecule has 0 aliphatic rings. The number of hydrogen-bond donors (Lipinski definition) is 3. The Morgan fingerprint density at radius 1 is 1.03 bits per heavy atom. The number of amides is 2. The zero-order valence-electron chi connectivity index (χ0n) is 18.7. The van der Waals surface area contributed by atoms with Crippen LogP contribution < -0.4 is 10.6 Å². The van der Waals surface area contributed by atoms with Crippen LogP contribution in [0.4, 0.5) is 4.79 Å². The first-order valence-corrected chi connectivity index (χ1v) is 11.4. The summed E-state index contributed by atoms with van der Waals surface area (Å²) < 4.78 is 5.33. The molecular formula is C24H27N3O5S. The smallest absolute Gasteiger partial charge is 0.408 e. The molecule has 2 amide bonds. The minimum atomic E-state index is -1.19. The number of ether oxygens (including phenoxy) is 1. The van der Waals surface area contributed by atoms with Gasteiger partial charge < -0.3 is 20.5 Å².